The Bertz CT molecular complexity index is 1490. The smallest absolute Gasteiger partial charge is 0.122 e. The highest BCUT2D eigenvalue weighted by Gasteiger charge is 2.31. The Labute approximate surface area is 288 Å². The lowest BCUT2D eigenvalue weighted by Gasteiger charge is -2.33. The van der Waals surface area contributed by atoms with E-state index in [1.807, 2.05) is 50.5 Å². The van der Waals surface area contributed by atoms with Crippen molar-refractivity contribution in [2.75, 3.05) is 28.3 Å². The molecule has 2 N–H and O–H groups in total. The molecule has 6 rings (SSSR count). The van der Waals surface area contributed by atoms with Crippen LogP contribution in [0.5, 0.6) is 11.5 Å². The second kappa shape index (κ2) is 15.9. The van der Waals surface area contributed by atoms with Crippen LogP contribution in [0.4, 0.5) is 0 Å². The summed E-state index contributed by atoms with van der Waals surface area (Å²) in [5.41, 5.74) is 7.58. The summed E-state index contributed by atoms with van der Waals surface area (Å²) >= 11 is 24.6. The molecular formula is C37H42Cl4N2O2. The monoisotopic (exact) mass is 686 g/mol. The van der Waals surface area contributed by atoms with Crippen molar-refractivity contribution < 1.29 is 9.47 Å². The first-order chi connectivity index (χ1) is 21.3. The van der Waals surface area contributed by atoms with Gasteiger partial charge in [-0.1, -0.05) is 90.2 Å². The molecule has 0 spiro atoms. The molecule has 0 saturated heterocycles. The molecule has 240 valence electrons. The van der Waals surface area contributed by atoms with Crippen LogP contribution < -0.4 is 20.1 Å². The molecule has 4 aromatic carbocycles. The first-order valence-corrected chi connectivity index (χ1v) is 16.3. The number of benzene rings is 4. The molecule has 4 aromatic rings. The number of likely N-dealkylation sites (N-methyl/N-ethyl adjacent to an activating group) is 2. The third kappa shape index (κ3) is 7.76. The van der Waals surface area contributed by atoms with Crippen molar-refractivity contribution in [1.29, 1.82) is 0 Å². The van der Waals surface area contributed by atoms with Gasteiger partial charge in [0.1, 0.15) is 11.5 Å². The molecule has 4 nitrogen and oxygen atoms in total. The van der Waals surface area contributed by atoms with Crippen molar-refractivity contribution in [1.82, 2.24) is 10.6 Å². The van der Waals surface area contributed by atoms with Crippen molar-refractivity contribution in [2.24, 2.45) is 0 Å². The third-order valence-corrected chi connectivity index (χ3v) is 10.4. The molecule has 0 aromatic heterocycles. The molecule has 0 radical (unpaired) electrons. The molecule has 0 saturated carbocycles. The number of halogens is 4. The Hall–Kier alpha value is -2.44. The molecule has 0 aliphatic heterocycles. The first-order valence-electron chi connectivity index (χ1n) is 14.8. The molecule has 4 atom stereocenters. The van der Waals surface area contributed by atoms with Crippen molar-refractivity contribution in [3.05, 3.63) is 126 Å². The highest BCUT2D eigenvalue weighted by molar-refractivity contribution is 6.42. The van der Waals surface area contributed by atoms with E-state index in [9.17, 15) is 0 Å². The second-order valence-electron chi connectivity index (χ2n) is 11.4. The summed E-state index contributed by atoms with van der Waals surface area (Å²) in [7, 11) is 7.49. The van der Waals surface area contributed by atoms with Crippen LogP contribution in [-0.4, -0.2) is 40.4 Å². The van der Waals surface area contributed by atoms with Gasteiger partial charge in [0.05, 0.1) is 34.3 Å². The van der Waals surface area contributed by atoms with E-state index >= 15 is 0 Å². The quantitative estimate of drug-likeness (QED) is 0.212. The van der Waals surface area contributed by atoms with Crippen molar-refractivity contribution in [3.63, 3.8) is 0 Å². The van der Waals surface area contributed by atoms with Crippen molar-refractivity contribution in [2.45, 2.75) is 57.0 Å². The van der Waals surface area contributed by atoms with Gasteiger partial charge in [-0.25, -0.2) is 0 Å². The molecule has 0 bridgehead atoms. The molecule has 45 heavy (non-hydrogen) atoms. The van der Waals surface area contributed by atoms with Crippen LogP contribution in [0.3, 0.4) is 0 Å². The zero-order valence-corrected chi connectivity index (χ0v) is 28.4. The maximum atomic E-state index is 6.23. The van der Waals surface area contributed by atoms with Gasteiger partial charge in [0.25, 0.3) is 0 Å². The van der Waals surface area contributed by atoms with Gasteiger partial charge in [-0.3, -0.25) is 0 Å². The number of fused-ring (bicyclic) bond motifs is 2. The minimum absolute atomic E-state index is 0. The van der Waals surface area contributed by atoms with E-state index in [2.05, 4.69) is 47.0 Å². The molecule has 0 fully saturated rings. The van der Waals surface area contributed by atoms with Gasteiger partial charge in [0.15, 0.2) is 0 Å². The number of rotatable bonds is 6. The van der Waals surface area contributed by atoms with Crippen LogP contribution in [0, 0.1) is 0 Å². The van der Waals surface area contributed by atoms with E-state index in [1.54, 1.807) is 14.2 Å². The summed E-state index contributed by atoms with van der Waals surface area (Å²) in [6, 6.07) is 25.3. The fourth-order valence-electron chi connectivity index (χ4n) is 6.69. The number of ether oxygens (including phenoxy) is 2. The van der Waals surface area contributed by atoms with Gasteiger partial charge >= 0.3 is 0 Å². The fraction of sp³-hybridized carbons (Fsp3) is 0.351. The van der Waals surface area contributed by atoms with Gasteiger partial charge in [-0.05, 0) is 98.4 Å². The van der Waals surface area contributed by atoms with Crippen LogP contribution in [0.2, 0.25) is 20.1 Å². The van der Waals surface area contributed by atoms with E-state index in [4.69, 9.17) is 55.9 Å². The number of nitrogens with one attached hydrogen (secondary N) is 2. The van der Waals surface area contributed by atoms with E-state index in [1.165, 1.54) is 33.4 Å². The Kier molecular flexibility index (Phi) is 12.5. The lowest BCUT2D eigenvalue weighted by Crippen LogP contribution is -2.34. The summed E-state index contributed by atoms with van der Waals surface area (Å²) in [6.07, 6.45) is 4.06. The molecule has 2 aliphatic carbocycles. The highest BCUT2D eigenvalue weighted by atomic mass is 35.5. The van der Waals surface area contributed by atoms with Gasteiger partial charge in [0, 0.05) is 35.0 Å². The van der Waals surface area contributed by atoms with Crippen LogP contribution >= 0.6 is 46.4 Å². The van der Waals surface area contributed by atoms with E-state index < -0.39 is 0 Å². The number of hydrogen-bond donors (Lipinski definition) is 2. The zero-order valence-electron chi connectivity index (χ0n) is 25.4. The number of hydrogen-bond acceptors (Lipinski definition) is 4. The molecule has 0 amide bonds. The Morgan fingerprint density at radius 1 is 0.578 bits per heavy atom. The molecule has 2 aliphatic rings. The zero-order chi connectivity index (χ0) is 31.4. The van der Waals surface area contributed by atoms with Crippen LogP contribution in [0.25, 0.3) is 0 Å². The minimum atomic E-state index is 0. The third-order valence-electron chi connectivity index (χ3n) is 8.93. The standard InChI is InChI=1S/2C18H19Cl2NO.CH4/c2*1-21-13-8-12-4-3-5-17(22-2)18(12)14(10-13)11-6-7-15(19)16(20)9-11;/h2*3-7,9,13-14,21H,8,10H2,1-2H3;1H4/t2*13-,14+;/m10./s1. The predicted molar refractivity (Wildman–Crippen MR) is 192 cm³/mol. The lowest BCUT2D eigenvalue weighted by atomic mass is 9.76. The molecule has 8 heteroatoms. The Morgan fingerprint density at radius 2 is 0.978 bits per heavy atom. The minimum Gasteiger partial charge on any atom is -0.496 e. The topological polar surface area (TPSA) is 42.5 Å². The largest absolute Gasteiger partial charge is 0.496 e. The van der Waals surface area contributed by atoms with Crippen LogP contribution in [-0.2, 0) is 12.8 Å². The summed E-state index contributed by atoms with van der Waals surface area (Å²) in [4.78, 5) is 0. The molecular weight excluding hydrogens is 646 g/mol. The van der Waals surface area contributed by atoms with E-state index in [-0.39, 0.29) is 19.3 Å². The van der Waals surface area contributed by atoms with Crippen LogP contribution in [0.15, 0.2) is 72.8 Å². The van der Waals surface area contributed by atoms with Gasteiger partial charge in [-0.15, -0.1) is 0 Å². The normalized spacial score (nSPS) is 20.1. The summed E-state index contributed by atoms with van der Waals surface area (Å²) < 4.78 is 11.2. The molecule has 0 heterocycles. The van der Waals surface area contributed by atoms with E-state index in [0.29, 0.717) is 32.2 Å². The van der Waals surface area contributed by atoms with E-state index in [0.717, 1.165) is 37.2 Å². The van der Waals surface area contributed by atoms with Crippen molar-refractivity contribution in [3.8, 4) is 11.5 Å². The fourth-order valence-corrected chi connectivity index (χ4v) is 7.30. The number of methoxy groups -OCH3 is 2. The summed E-state index contributed by atoms with van der Waals surface area (Å²) in [5, 5.41) is 9.19. The lowest BCUT2D eigenvalue weighted by molar-refractivity contribution is 0.392. The van der Waals surface area contributed by atoms with Gasteiger partial charge in [-0.2, -0.15) is 0 Å². The highest BCUT2D eigenvalue weighted by Crippen LogP contribution is 2.44. The maximum absolute atomic E-state index is 6.23. The van der Waals surface area contributed by atoms with Crippen molar-refractivity contribution >= 4 is 46.4 Å². The summed E-state index contributed by atoms with van der Waals surface area (Å²) in [6.45, 7) is 0. The average molecular weight is 689 g/mol. The molecule has 0 unspecified atom stereocenters. The average Bonchev–Trinajstić information content (AvgIpc) is 3.05. The van der Waals surface area contributed by atoms with Gasteiger partial charge < -0.3 is 20.1 Å². The summed E-state index contributed by atoms with van der Waals surface area (Å²) in [5.74, 6) is 2.41. The predicted octanol–water partition coefficient (Wildman–Crippen LogP) is 9.97. The first kappa shape index (κ1) is 35.4. The maximum Gasteiger partial charge on any atom is 0.122 e. The SMILES string of the molecule is C.CN[C@@H]1Cc2cccc(OC)c2[C@H](c2ccc(Cl)c(Cl)c2)C1.CN[C@H]1Cc2cccc(OC)c2[C@@H](c2ccc(Cl)c(Cl)c2)C1. The second-order valence-corrected chi connectivity index (χ2v) is 13.0. The Morgan fingerprint density at radius 3 is 1.31 bits per heavy atom. The van der Waals surface area contributed by atoms with Crippen LogP contribution in [0.1, 0.15) is 65.5 Å². The Balaban J connectivity index is 0.000000200. The van der Waals surface area contributed by atoms with Gasteiger partial charge in [0.2, 0.25) is 0 Å².